The second kappa shape index (κ2) is 6.53. The Morgan fingerprint density at radius 2 is 2.25 bits per heavy atom. The molecule has 1 heterocycles. The lowest BCUT2D eigenvalue weighted by Crippen LogP contribution is -2.21. The van der Waals surface area contributed by atoms with Crippen LogP contribution in [0.2, 0.25) is 0 Å². The SMILES string of the molecule is COc1cnn(C)c1CCCNCC(C)C. The lowest BCUT2D eigenvalue weighted by Gasteiger charge is -2.08. The summed E-state index contributed by atoms with van der Waals surface area (Å²) in [5.41, 5.74) is 1.17. The number of hydrogen-bond acceptors (Lipinski definition) is 3. The maximum absolute atomic E-state index is 5.26. The van der Waals surface area contributed by atoms with E-state index >= 15 is 0 Å². The van der Waals surface area contributed by atoms with Crippen LogP contribution >= 0.6 is 0 Å². The quantitative estimate of drug-likeness (QED) is 0.717. The van der Waals surface area contributed by atoms with E-state index in [-0.39, 0.29) is 0 Å². The Labute approximate surface area is 98.0 Å². The van der Waals surface area contributed by atoms with E-state index in [0.717, 1.165) is 31.7 Å². The summed E-state index contributed by atoms with van der Waals surface area (Å²) in [6.07, 6.45) is 3.89. The van der Waals surface area contributed by atoms with Crippen molar-refractivity contribution in [2.45, 2.75) is 26.7 Å². The number of aryl methyl sites for hydroxylation is 1. The Bertz CT molecular complexity index is 307. The van der Waals surface area contributed by atoms with E-state index in [0.29, 0.717) is 5.92 Å². The first kappa shape index (κ1) is 13.0. The number of nitrogens with one attached hydrogen (secondary N) is 1. The number of ether oxygens (including phenoxy) is 1. The largest absolute Gasteiger partial charge is 0.493 e. The van der Waals surface area contributed by atoms with Crippen molar-refractivity contribution < 1.29 is 4.74 Å². The molecular formula is C12H23N3O. The fourth-order valence-corrected chi connectivity index (χ4v) is 1.67. The van der Waals surface area contributed by atoms with Crippen LogP contribution in [0.25, 0.3) is 0 Å². The van der Waals surface area contributed by atoms with Crippen molar-refractivity contribution in [2.75, 3.05) is 20.2 Å². The zero-order valence-corrected chi connectivity index (χ0v) is 10.8. The highest BCUT2D eigenvalue weighted by molar-refractivity contribution is 5.24. The van der Waals surface area contributed by atoms with Gasteiger partial charge in [0.1, 0.15) is 0 Å². The lowest BCUT2D eigenvalue weighted by molar-refractivity contribution is 0.407. The van der Waals surface area contributed by atoms with Crippen molar-refractivity contribution in [3.63, 3.8) is 0 Å². The van der Waals surface area contributed by atoms with Gasteiger partial charge in [0.2, 0.25) is 0 Å². The number of nitrogens with zero attached hydrogens (tertiary/aromatic N) is 2. The molecule has 4 nitrogen and oxygen atoms in total. The van der Waals surface area contributed by atoms with Crippen LogP contribution in [0.1, 0.15) is 26.0 Å². The topological polar surface area (TPSA) is 39.1 Å². The third kappa shape index (κ3) is 3.85. The molecule has 0 atom stereocenters. The average Bonchev–Trinajstić information content (AvgIpc) is 2.59. The summed E-state index contributed by atoms with van der Waals surface area (Å²) in [5, 5.41) is 7.62. The van der Waals surface area contributed by atoms with Crippen molar-refractivity contribution in [1.82, 2.24) is 15.1 Å². The molecule has 1 aromatic rings. The van der Waals surface area contributed by atoms with Crippen molar-refractivity contribution in [3.05, 3.63) is 11.9 Å². The van der Waals surface area contributed by atoms with Gasteiger partial charge in [0, 0.05) is 7.05 Å². The standard InChI is InChI=1S/C12H23N3O/c1-10(2)8-13-7-5-6-11-12(16-4)9-14-15(11)3/h9-10,13H,5-8H2,1-4H3. The molecule has 0 saturated heterocycles. The molecule has 1 rings (SSSR count). The molecular weight excluding hydrogens is 202 g/mol. The van der Waals surface area contributed by atoms with Gasteiger partial charge in [0.15, 0.2) is 5.75 Å². The lowest BCUT2D eigenvalue weighted by atomic mass is 10.2. The van der Waals surface area contributed by atoms with E-state index in [1.165, 1.54) is 5.69 Å². The summed E-state index contributed by atoms with van der Waals surface area (Å²) < 4.78 is 7.15. The van der Waals surface area contributed by atoms with Crippen LogP contribution in [0.3, 0.4) is 0 Å². The molecule has 0 aromatic carbocycles. The van der Waals surface area contributed by atoms with Gasteiger partial charge in [-0.05, 0) is 31.8 Å². The molecule has 1 aromatic heterocycles. The van der Waals surface area contributed by atoms with Crippen LogP contribution in [0, 0.1) is 5.92 Å². The molecule has 0 saturated carbocycles. The molecule has 0 fully saturated rings. The van der Waals surface area contributed by atoms with E-state index in [2.05, 4.69) is 24.3 Å². The fraction of sp³-hybridized carbons (Fsp3) is 0.750. The summed E-state index contributed by atoms with van der Waals surface area (Å²) in [7, 11) is 3.65. The van der Waals surface area contributed by atoms with Crippen LogP contribution in [0.15, 0.2) is 6.20 Å². The van der Waals surface area contributed by atoms with E-state index in [4.69, 9.17) is 4.74 Å². The molecule has 0 amide bonds. The van der Waals surface area contributed by atoms with Crippen LogP contribution in [0.4, 0.5) is 0 Å². The first-order valence-electron chi connectivity index (χ1n) is 5.90. The van der Waals surface area contributed by atoms with Crippen LogP contribution in [-0.2, 0) is 13.5 Å². The highest BCUT2D eigenvalue weighted by Crippen LogP contribution is 2.17. The zero-order valence-electron chi connectivity index (χ0n) is 10.8. The smallest absolute Gasteiger partial charge is 0.159 e. The van der Waals surface area contributed by atoms with Gasteiger partial charge in [-0.1, -0.05) is 13.8 Å². The Morgan fingerprint density at radius 1 is 1.50 bits per heavy atom. The monoisotopic (exact) mass is 225 g/mol. The molecule has 16 heavy (non-hydrogen) atoms. The summed E-state index contributed by atoms with van der Waals surface area (Å²) in [4.78, 5) is 0. The van der Waals surface area contributed by atoms with Gasteiger partial charge in [-0.2, -0.15) is 5.10 Å². The maximum atomic E-state index is 5.26. The van der Waals surface area contributed by atoms with E-state index in [1.54, 1.807) is 13.3 Å². The van der Waals surface area contributed by atoms with E-state index in [1.807, 2.05) is 11.7 Å². The molecule has 0 bridgehead atoms. The number of aromatic nitrogens is 2. The summed E-state index contributed by atoms with van der Waals surface area (Å²) in [6.45, 7) is 6.57. The average molecular weight is 225 g/mol. The second-order valence-corrected chi connectivity index (χ2v) is 4.48. The Balaban J connectivity index is 2.28. The van der Waals surface area contributed by atoms with Crippen molar-refractivity contribution in [3.8, 4) is 5.75 Å². The van der Waals surface area contributed by atoms with Crippen LogP contribution < -0.4 is 10.1 Å². The van der Waals surface area contributed by atoms with Gasteiger partial charge in [-0.15, -0.1) is 0 Å². The van der Waals surface area contributed by atoms with Crippen LogP contribution in [0.5, 0.6) is 5.75 Å². The molecule has 4 heteroatoms. The summed E-state index contributed by atoms with van der Waals surface area (Å²) in [6, 6.07) is 0. The minimum absolute atomic E-state index is 0.714. The number of hydrogen-bond donors (Lipinski definition) is 1. The highest BCUT2D eigenvalue weighted by Gasteiger charge is 2.07. The van der Waals surface area contributed by atoms with Gasteiger partial charge >= 0.3 is 0 Å². The Hall–Kier alpha value is -1.03. The number of rotatable bonds is 7. The van der Waals surface area contributed by atoms with Crippen molar-refractivity contribution in [1.29, 1.82) is 0 Å². The van der Waals surface area contributed by atoms with E-state index < -0.39 is 0 Å². The number of methoxy groups -OCH3 is 1. The highest BCUT2D eigenvalue weighted by atomic mass is 16.5. The predicted octanol–water partition coefficient (Wildman–Crippen LogP) is 1.61. The summed E-state index contributed by atoms with van der Waals surface area (Å²) >= 11 is 0. The fourth-order valence-electron chi connectivity index (χ4n) is 1.67. The minimum atomic E-state index is 0.714. The minimum Gasteiger partial charge on any atom is -0.493 e. The molecule has 0 aliphatic carbocycles. The first-order chi connectivity index (χ1) is 7.65. The van der Waals surface area contributed by atoms with Gasteiger partial charge in [-0.3, -0.25) is 4.68 Å². The first-order valence-corrected chi connectivity index (χ1v) is 5.90. The molecule has 92 valence electrons. The Kier molecular flexibility index (Phi) is 5.32. The molecule has 0 radical (unpaired) electrons. The van der Waals surface area contributed by atoms with Gasteiger partial charge in [0.25, 0.3) is 0 Å². The normalized spacial score (nSPS) is 11.1. The third-order valence-corrected chi connectivity index (χ3v) is 2.56. The maximum Gasteiger partial charge on any atom is 0.159 e. The molecule has 0 unspecified atom stereocenters. The Morgan fingerprint density at radius 3 is 2.88 bits per heavy atom. The van der Waals surface area contributed by atoms with Gasteiger partial charge in [0.05, 0.1) is 19.0 Å². The second-order valence-electron chi connectivity index (χ2n) is 4.48. The van der Waals surface area contributed by atoms with Crippen molar-refractivity contribution in [2.24, 2.45) is 13.0 Å². The van der Waals surface area contributed by atoms with Crippen LogP contribution in [-0.4, -0.2) is 30.0 Å². The zero-order chi connectivity index (χ0) is 12.0. The predicted molar refractivity (Wildman–Crippen MR) is 65.8 cm³/mol. The van der Waals surface area contributed by atoms with Gasteiger partial charge < -0.3 is 10.1 Å². The molecule has 0 spiro atoms. The summed E-state index contributed by atoms with van der Waals surface area (Å²) in [5.74, 6) is 1.61. The molecule has 1 N–H and O–H groups in total. The van der Waals surface area contributed by atoms with Gasteiger partial charge in [-0.25, -0.2) is 0 Å². The van der Waals surface area contributed by atoms with E-state index in [9.17, 15) is 0 Å². The molecule has 0 aliphatic heterocycles. The molecule has 0 aliphatic rings. The van der Waals surface area contributed by atoms with Crippen molar-refractivity contribution >= 4 is 0 Å². The third-order valence-electron chi connectivity index (χ3n) is 2.56.